The molecular formula is C10H19NO3. The molecule has 0 aromatic rings. The number of likely N-dealkylation sites (tertiary alicyclic amines) is 1. The fourth-order valence-corrected chi connectivity index (χ4v) is 2.43. The summed E-state index contributed by atoms with van der Waals surface area (Å²) < 4.78 is 0. The summed E-state index contributed by atoms with van der Waals surface area (Å²) in [5.41, 5.74) is 0. The number of hydrogen-bond acceptors (Lipinski definition) is 3. The molecule has 4 atom stereocenters. The van der Waals surface area contributed by atoms with Crippen molar-refractivity contribution in [3.63, 3.8) is 0 Å². The molecule has 0 aromatic carbocycles. The van der Waals surface area contributed by atoms with E-state index in [2.05, 4.69) is 0 Å². The van der Waals surface area contributed by atoms with Gasteiger partial charge in [-0.25, -0.2) is 0 Å². The van der Waals surface area contributed by atoms with Crippen molar-refractivity contribution in [2.45, 2.75) is 45.4 Å². The van der Waals surface area contributed by atoms with Gasteiger partial charge in [0.25, 0.3) is 0 Å². The van der Waals surface area contributed by atoms with E-state index in [1.165, 1.54) is 6.92 Å². The largest absolute Gasteiger partial charge is 0.396 e. The number of aliphatic hydroxyl groups excluding tert-OH is 2. The molecule has 0 spiro atoms. The molecule has 0 aliphatic carbocycles. The van der Waals surface area contributed by atoms with Crippen molar-refractivity contribution in [2.75, 3.05) is 6.61 Å². The van der Waals surface area contributed by atoms with Crippen LogP contribution in [0.2, 0.25) is 0 Å². The number of carbonyl (C=O) groups is 1. The van der Waals surface area contributed by atoms with Crippen molar-refractivity contribution in [3.05, 3.63) is 0 Å². The van der Waals surface area contributed by atoms with Crippen molar-refractivity contribution < 1.29 is 15.0 Å². The third-order valence-corrected chi connectivity index (χ3v) is 3.13. The molecular weight excluding hydrogens is 182 g/mol. The highest BCUT2D eigenvalue weighted by molar-refractivity contribution is 5.74. The van der Waals surface area contributed by atoms with Crippen LogP contribution in [-0.2, 0) is 4.79 Å². The lowest BCUT2D eigenvalue weighted by molar-refractivity contribution is -0.144. The third kappa shape index (κ3) is 1.91. The summed E-state index contributed by atoms with van der Waals surface area (Å²) in [4.78, 5) is 13.0. The van der Waals surface area contributed by atoms with Crippen molar-refractivity contribution in [1.82, 2.24) is 4.90 Å². The second kappa shape index (κ2) is 4.28. The Bertz CT molecular complexity index is 219. The molecule has 0 bridgehead atoms. The molecule has 4 nitrogen and oxygen atoms in total. The smallest absolute Gasteiger partial charge is 0.220 e. The maximum atomic E-state index is 11.3. The average molecular weight is 201 g/mol. The Kier molecular flexibility index (Phi) is 3.50. The minimum atomic E-state index is -0.611. The van der Waals surface area contributed by atoms with Crippen LogP contribution in [0.3, 0.4) is 0 Å². The Hall–Kier alpha value is -0.610. The van der Waals surface area contributed by atoms with Crippen LogP contribution in [0, 0.1) is 5.92 Å². The molecule has 4 heteroatoms. The van der Waals surface area contributed by atoms with E-state index in [0.717, 1.165) is 0 Å². The van der Waals surface area contributed by atoms with Gasteiger partial charge in [0.2, 0.25) is 5.91 Å². The van der Waals surface area contributed by atoms with E-state index in [4.69, 9.17) is 5.11 Å². The maximum absolute atomic E-state index is 11.3. The van der Waals surface area contributed by atoms with Gasteiger partial charge in [-0.05, 0) is 20.3 Å². The van der Waals surface area contributed by atoms with Crippen LogP contribution < -0.4 is 0 Å². The normalized spacial score (nSPS) is 38.5. The lowest BCUT2D eigenvalue weighted by Gasteiger charge is -2.45. The third-order valence-electron chi connectivity index (χ3n) is 3.13. The second-order valence-corrected chi connectivity index (χ2v) is 4.18. The second-order valence-electron chi connectivity index (χ2n) is 4.18. The Morgan fingerprint density at radius 1 is 1.50 bits per heavy atom. The van der Waals surface area contributed by atoms with E-state index in [1.54, 1.807) is 4.90 Å². The van der Waals surface area contributed by atoms with Crippen LogP contribution in [-0.4, -0.2) is 45.8 Å². The molecule has 0 aromatic heterocycles. The van der Waals surface area contributed by atoms with Crippen LogP contribution >= 0.6 is 0 Å². The van der Waals surface area contributed by atoms with Gasteiger partial charge >= 0.3 is 0 Å². The van der Waals surface area contributed by atoms with Gasteiger partial charge in [0.1, 0.15) is 0 Å². The zero-order valence-corrected chi connectivity index (χ0v) is 8.97. The lowest BCUT2D eigenvalue weighted by Crippen LogP contribution is -2.57. The molecule has 1 fully saturated rings. The zero-order chi connectivity index (χ0) is 10.9. The van der Waals surface area contributed by atoms with Gasteiger partial charge in [-0.3, -0.25) is 4.79 Å². The summed E-state index contributed by atoms with van der Waals surface area (Å²) in [6, 6.07) is -0.101. The molecule has 1 aliphatic rings. The Balaban J connectivity index is 2.79. The summed E-state index contributed by atoms with van der Waals surface area (Å²) in [7, 11) is 0. The monoisotopic (exact) mass is 201 g/mol. The molecule has 1 amide bonds. The number of rotatable bonds is 1. The number of nitrogens with zero attached hydrogens (tertiary/aromatic N) is 1. The van der Waals surface area contributed by atoms with Crippen LogP contribution in [0.5, 0.6) is 0 Å². The predicted molar refractivity (Wildman–Crippen MR) is 52.6 cm³/mol. The van der Waals surface area contributed by atoms with Gasteiger partial charge < -0.3 is 15.1 Å². The highest BCUT2D eigenvalue weighted by Crippen LogP contribution is 2.27. The molecule has 1 saturated heterocycles. The van der Waals surface area contributed by atoms with Crippen LogP contribution in [0.1, 0.15) is 27.2 Å². The summed E-state index contributed by atoms with van der Waals surface area (Å²) in [6.07, 6.45) is 0.0572. The van der Waals surface area contributed by atoms with Crippen molar-refractivity contribution in [3.8, 4) is 0 Å². The van der Waals surface area contributed by atoms with E-state index in [0.29, 0.717) is 6.42 Å². The molecule has 1 aliphatic heterocycles. The topological polar surface area (TPSA) is 60.8 Å². The standard InChI is InChI=1S/C10H19NO3/c1-6-4-9(5-12)10(14)7(2)11(6)8(3)13/h6-7,9-10,12,14H,4-5H2,1-3H3. The van der Waals surface area contributed by atoms with E-state index in [-0.39, 0.29) is 30.5 Å². The van der Waals surface area contributed by atoms with E-state index in [1.807, 2.05) is 13.8 Å². The number of carbonyl (C=O) groups excluding carboxylic acids is 1. The van der Waals surface area contributed by atoms with Gasteiger partial charge in [-0.2, -0.15) is 0 Å². The van der Waals surface area contributed by atoms with Crippen molar-refractivity contribution in [1.29, 1.82) is 0 Å². The van der Waals surface area contributed by atoms with E-state index >= 15 is 0 Å². The van der Waals surface area contributed by atoms with Crippen LogP contribution in [0.25, 0.3) is 0 Å². The zero-order valence-electron chi connectivity index (χ0n) is 8.97. The molecule has 14 heavy (non-hydrogen) atoms. The Morgan fingerprint density at radius 2 is 2.07 bits per heavy atom. The number of aliphatic hydroxyl groups is 2. The minimum absolute atomic E-state index is 0.0123. The first-order valence-corrected chi connectivity index (χ1v) is 5.06. The molecule has 82 valence electrons. The summed E-state index contributed by atoms with van der Waals surface area (Å²) in [5, 5.41) is 18.9. The highest BCUT2D eigenvalue weighted by Gasteiger charge is 2.38. The fraction of sp³-hybridized carbons (Fsp3) is 0.900. The number of amides is 1. The Morgan fingerprint density at radius 3 is 2.50 bits per heavy atom. The first-order valence-electron chi connectivity index (χ1n) is 5.06. The van der Waals surface area contributed by atoms with Crippen LogP contribution in [0.15, 0.2) is 0 Å². The maximum Gasteiger partial charge on any atom is 0.220 e. The summed E-state index contributed by atoms with van der Waals surface area (Å²) in [5.74, 6) is -0.115. The molecule has 1 heterocycles. The Labute approximate surface area is 84.5 Å². The highest BCUT2D eigenvalue weighted by atomic mass is 16.3. The minimum Gasteiger partial charge on any atom is -0.396 e. The average Bonchev–Trinajstić information content (AvgIpc) is 2.10. The van der Waals surface area contributed by atoms with Crippen LogP contribution in [0.4, 0.5) is 0 Å². The van der Waals surface area contributed by atoms with Gasteiger partial charge in [0.05, 0.1) is 12.1 Å². The lowest BCUT2D eigenvalue weighted by atomic mass is 9.85. The molecule has 0 radical (unpaired) electrons. The quantitative estimate of drug-likeness (QED) is 0.627. The van der Waals surface area contributed by atoms with Gasteiger partial charge in [-0.1, -0.05) is 0 Å². The number of piperidine rings is 1. The molecule has 4 unspecified atom stereocenters. The first kappa shape index (κ1) is 11.5. The number of hydrogen-bond donors (Lipinski definition) is 2. The molecule has 2 N–H and O–H groups in total. The fourth-order valence-electron chi connectivity index (χ4n) is 2.43. The van der Waals surface area contributed by atoms with Gasteiger partial charge in [0.15, 0.2) is 0 Å². The van der Waals surface area contributed by atoms with E-state index < -0.39 is 6.10 Å². The van der Waals surface area contributed by atoms with E-state index in [9.17, 15) is 9.90 Å². The molecule has 0 saturated carbocycles. The van der Waals surface area contributed by atoms with Gasteiger partial charge in [0, 0.05) is 25.5 Å². The molecule has 1 rings (SSSR count). The first-order chi connectivity index (χ1) is 6.49. The van der Waals surface area contributed by atoms with Crippen molar-refractivity contribution >= 4 is 5.91 Å². The van der Waals surface area contributed by atoms with Crippen molar-refractivity contribution in [2.24, 2.45) is 5.92 Å². The SMILES string of the molecule is CC(=O)N1C(C)CC(CO)C(O)C1C. The summed E-state index contributed by atoms with van der Waals surface area (Å²) in [6.45, 7) is 5.28. The van der Waals surface area contributed by atoms with Gasteiger partial charge in [-0.15, -0.1) is 0 Å². The summed E-state index contributed by atoms with van der Waals surface area (Å²) >= 11 is 0. The predicted octanol–water partition coefficient (Wildman–Crippen LogP) is -0.0150.